The summed E-state index contributed by atoms with van der Waals surface area (Å²) in [5.74, 6) is -2.03. The molecule has 20 heavy (non-hydrogen) atoms. The van der Waals surface area contributed by atoms with Crippen molar-refractivity contribution < 1.29 is 23.1 Å². The summed E-state index contributed by atoms with van der Waals surface area (Å²) in [6.45, 7) is 0.0175. The molecule has 106 valence electrons. The Balaban J connectivity index is 2.06. The third-order valence-electron chi connectivity index (χ3n) is 3.77. The average Bonchev–Trinajstić information content (AvgIpc) is 3.05. The van der Waals surface area contributed by atoms with E-state index >= 15 is 0 Å². The first-order chi connectivity index (χ1) is 9.43. The molecular formula is C13H11F3N2O2. The molecule has 0 saturated heterocycles. The third-order valence-corrected chi connectivity index (χ3v) is 3.77. The van der Waals surface area contributed by atoms with Gasteiger partial charge in [0.1, 0.15) is 5.52 Å². The molecule has 1 aliphatic carbocycles. The number of fused-ring (bicyclic) bond motifs is 1. The molecule has 3 rings (SSSR count). The minimum Gasteiger partial charge on any atom is -0.478 e. The Hall–Kier alpha value is -2.05. The fourth-order valence-corrected chi connectivity index (χ4v) is 2.32. The number of aromatic nitrogens is 2. The van der Waals surface area contributed by atoms with Crippen molar-refractivity contribution in [3.63, 3.8) is 0 Å². The van der Waals surface area contributed by atoms with Crippen LogP contribution >= 0.6 is 0 Å². The standard InChI is InChI=1S/C13H11F3N2O2/c14-8-3-7(11(19)20)4-9-10(8)17-6-18(9)5-13(1-2-13)12(15)16/h3-4,6,12H,1-2,5H2,(H,19,20). The van der Waals surface area contributed by atoms with Crippen LogP contribution in [0.5, 0.6) is 0 Å². The van der Waals surface area contributed by atoms with E-state index in [2.05, 4.69) is 4.98 Å². The van der Waals surface area contributed by atoms with Gasteiger partial charge in [0.15, 0.2) is 5.82 Å². The number of halogens is 3. The minimum absolute atomic E-state index is 0.0000614. The van der Waals surface area contributed by atoms with E-state index in [-0.39, 0.29) is 23.1 Å². The molecular weight excluding hydrogens is 273 g/mol. The molecule has 4 nitrogen and oxygen atoms in total. The molecule has 0 spiro atoms. The average molecular weight is 284 g/mol. The lowest BCUT2D eigenvalue weighted by Crippen LogP contribution is -2.19. The first-order valence-electron chi connectivity index (χ1n) is 6.09. The lowest BCUT2D eigenvalue weighted by Gasteiger charge is -2.15. The number of rotatable bonds is 4. The third kappa shape index (κ3) is 1.93. The van der Waals surface area contributed by atoms with Gasteiger partial charge in [-0.2, -0.15) is 0 Å². The normalized spacial score (nSPS) is 16.8. The van der Waals surface area contributed by atoms with Gasteiger partial charge in [0.05, 0.1) is 17.4 Å². The maximum atomic E-state index is 13.7. The first kappa shape index (κ1) is 13.0. The van der Waals surface area contributed by atoms with Gasteiger partial charge >= 0.3 is 5.97 Å². The van der Waals surface area contributed by atoms with Gasteiger partial charge in [-0.3, -0.25) is 0 Å². The fraction of sp³-hybridized carbons (Fsp3) is 0.385. The monoisotopic (exact) mass is 284 g/mol. The fourth-order valence-electron chi connectivity index (χ4n) is 2.32. The number of nitrogens with zero attached hydrogens (tertiary/aromatic N) is 2. The van der Waals surface area contributed by atoms with E-state index in [1.165, 1.54) is 17.0 Å². The molecule has 0 bridgehead atoms. The van der Waals surface area contributed by atoms with E-state index in [1.807, 2.05) is 0 Å². The molecule has 1 aliphatic rings. The SMILES string of the molecule is O=C(O)c1cc(F)c2ncn(CC3(C(F)F)CC3)c2c1. The molecule has 1 heterocycles. The van der Waals surface area contributed by atoms with E-state index in [1.54, 1.807) is 0 Å². The highest BCUT2D eigenvalue weighted by Crippen LogP contribution is 2.52. The zero-order chi connectivity index (χ0) is 14.5. The second-order valence-electron chi connectivity index (χ2n) is 5.17. The zero-order valence-corrected chi connectivity index (χ0v) is 10.3. The molecule has 1 saturated carbocycles. The highest BCUT2D eigenvalue weighted by Gasteiger charge is 2.51. The Morgan fingerprint density at radius 2 is 2.15 bits per heavy atom. The molecule has 0 atom stereocenters. The lowest BCUT2D eigenvalue weighted by molar-refractivity contribution is 0.0518. The quantitative estimate of drug-likeness (QED) is 0.939. The van der Waals surface area contributed by atoms with Gasteiger partial charge in [0.25, 0.3) is 0 Å². The van der Waals surface area contributed by atoms with Crippen LogP contribution in [-0.4, -0.2) is 27.1 Å². The maximum Gasteiger partial charge on any atom is 0.335 e. The van der Waals surface area contributed by atoms with Crippen LogP contribution in [0.25, 0.3) is 11.0 Å². The topological polar surface area (TPSA) is 55.1 Å². The summed E-state index contributed by atoms with van der Waals surface area (Å²) in [4.78, 5) is 14.8. The minimum atomic E-state index is -2.45. The highest BCUT2D eigenvalue weighted by atomic mass is 19.3. The number of hydrogen-bond donors (Lipinski definition) is 1. The van der Waals surface area contributed by atoms with Gasteiger partial charge in [0, 0.05) is 12.0 Å². The summed E-state index contributed by atoms with van der Waals surface area (Å²) in [5.41, 5.74) is -1.07. The van der Waals surface area contributed by atoms with Crippen LogP contribution in [0.15, 0.2) is 18.5 Å². The summed E-state index contributed by atoms with van der Waals surface area (Å²) in [6, 6.07) is 2.14. The van der Waals surface area contributed by atoms with Crippen molar-refractivity contribution in [1.29, 1.82) is 0 Å². The Morgan fingerprint density at radius 1 is 1.45 bits per heavy atom. The van der Waals surface area contributed by atoms with Crippen molar-refractivity contribution in [3.8, 4) is 0 Å². The van der Waals surface area contributed by atoms with Crippen molar-refractivity contribution in [2.24, 2.45) is 5.41 Å². The number of carbonyl (C=O) groups is 1. The number of benzene rings is 1. The first-order valence-corrected chi connectivity index (χ1v) is 6.09. The number of imidazole rings is 1. The van der Waals surface area contributed by atoms with Gasteiger partial charge in [-0.15, -0.1) is 0 Å². The van der Waals surface area contributed by atoms with Crippen LogP contribution in [0.4, 0.5) is 13.2 Å². The van der Waals surface area contributed by atoms with Crippen LogP contribution in [0.1, 0.15) is 23.2 Å². The van der Waals surface area contributed by atoms with Crippen LogP contribution in [0.3, 0.4) is 0 Å². The Morgan fingerprint density at radius 3 is 2.70 bits per heavy atom. The molecule has 1 N–H and O–H groups in total. The second-order valence-corrected chi connectivity index (χ2v) is 5.17. The van der Waals surface area contributed by atoms with Crippen molar-refractivity contribution in [3.05, 3.63) is 29.8 Å². The summed E-state index contributed by atoms with van der Waals surface area (Å²) >= 11 is 0. The number of carboxylic acid groups (broad SMARTS) is 1. The van der Waals surface area contributed by atoms with Gasteiger partial charge in [-0.1, -0.05) is 0 Å². The van der Waals surface area contributed by atoms with Crippen molar-refractivity contribution in [2.75, 3.05) is 0 Å². The molecule has 1 fully saturated rings. The lowest BCUT2D eigenvalue weighted by atomic mass is 10.1. The van der Waals surface area contributed by atoms with E-state index < -0.39 is 23.6 Å². The predicted molar refractivity (Wildman–Crippen MR) is 64.3 cm³/mol. The molecule has 0 aliphatic heterocycles. The summed E-state index contributed by atoms with van der Waals surface area (Å²) in [5, 5.41) is 8.91. The number of alkyl halides is 2. The number of hydrogen-bond acceptors (Lipinski definition) is 2. The Bertz CT molecular complexity index is 692. The maximum absolute atomic E-state index is 13.7. The predicted octanol–water partition coefficient (Wildman–Crippen LogP) is 2.92. The Kier molecular flexibility index (Phi) is 2.74. The number of aromatic carboxylic acids is 1. The van der Waals surface area contributed by atoms with Crippen molar-refractivity contribution in [1.82, 2.24) is 9.55 Å². The smallest absolute Gasteiger partial charge is 0.335 e. The van der Waals surface area contributed by atoms with Gasteiger partial charge in [-0.05, 0) is 25.0 Å². The van der Waals surface area contributed by atoms with Crippen LogP contribution in [0, 0.1) is 11.2 Å². The van der Waals surface area contributed by atoms with Crippen LogP contribution in [0.2, 0.25) is 0 Å². The molecule has 2 aromatic rings. The van der Waals surface area contributed by atoms with Gasteiger partial charge < -0.3 is 9.67 Å². The molecule has 0 amide bonds. The molecule has 1 aromatic carbocycles. The highest BCUT2D eigenvalue weighted by molar-refractivity contribution is 5.92. The molecule has 7 heteroatoms. The van der Waals surface area contributed by atoms with Crippen LogP contribution < -0.4 is 0 Å². The van der Waals surface area contributed by atoms with Gasteiger partial charge in [0.2, 0.25) is 6.43 Å². The molecule has 0 unspecified atom stereocenters. The largest absolute Gasteiger partial charge is 0.478 e. The number of carboxylic acids is 1. The van der Waals surface area contributed by atoms with E-state index in [0.717, 1.165) is 6.07 Å². The van der Waals surface area contributed by atoms with Gasteiger partial charge in [-0.25, -0.2) is 22.9 Å². The summed E-state index contributed by atoms with van der Waals surface area (Å²) < 4.78 is 41.1. The Labute approximate surface area is 111 Å². The second kappa shape index (κ2) is 4.22. The van der Waals surface area contributed by atoms with Crippen molar-refractivity contribution >= 4 is 17.0 Å². The molecule has 1 aromatic heterocycles. The summed E-state index contributed by atoms with van der Waals surface area (Å²) in [6.07, 6.45) is -0.355. The van der Waals surface area contributed by atoms with E-state index in [9.17, 15) is 18.0 Å². The zero-order valence-electron chi connectivity index (χ0n) is 10.3. The van der Waals surface area contributed by atoms with Crippen molar-refractivity contribution in [2.45, 2.75) is 25.8 Å². The molecule has 0 radical (unpaired) electrons. The van der Waals surface area contributed by atoms with E-state index in [4.69, 9.17) is 5.11 Å². The van der Waals surface area contributed by atoms with E-state index in [0.29, 0.717) is 12.8 Å². The summed E-state index contributed by atoms with van der Waals surface area (Å²) in [7, 11) is 0. The van der Waals surface area contributed by atoms with Crippen LogP contribution in [-0.2, 0) is 6.54 Å².